The van der Waals surface area contributed by atoms with E-state index in [0.717, 1.165) is 12.0 Å². The van der Waals surface area contributed by atoms with Gasteiger partial charge < -0.3 is 5.11 Å². The average Bonchev–Trinajstić information content (AvgIpc) is 2.14. The van der Waals surface area contributed by atoms with E-state index in [1.165, 1.54) is 0 Å². The minimum Gasteiger partial charge on any atom is -0.396 e. The van der Waals surface area contributed by atoms with Gasteiger partial charge in [0.1, 0.15) is 0 Å². The van der Waals surface area contributed by atoms with E-state index in [2.05, 4.69) is 16.9 Å². The van der Waals surface area contributed by atoms with Crippen LogP contribution in [0.3, 0.4) is 0 Å². The first-order valence-electron chi connectivity index (χ1n) is 4.31. The number of allylic oxidation sites excluding steroid dienone is 2. The van der Waals surface area contributed by atoms with E-state index >= 15 is 0 Å². The van der Waals surface area contributed by atoms with Crippen LogP contribution in [0.1, 0.15) is 13.3 Å². The lowest BCUT2D eigenvalue weighted by Gasteiger charge is -2.15. The Morgan fingerprint density at radius 3 is 3.15 bits per heavy atom. The molecule has 1 aliphatic rings. The van der Waals surface area contributed by atoms with Gasteiger partial charge in [0, 0.05) is 4.91 Å². The van der Waals surface area contributed by atoms with Gasteiger partial charge >= 0.3 is 0 Å². The smallest absolute Gasteiger partial charge is 0.0853 e. The van der Waals surface area contributed by atoms with Gasteiger partial charge in [-0.05, 0) is 23.4 Å². The lowest BCUT2D eigenvalue weighted by molar-refractivity contribution is 0.280. The molecule has 0 aliphatic heterocycles. The van der Waals surface area contributed by atoms with Gasteiger partial charge in [-0.2, -0.15) is 0 Å². The van der Waals surface area contributed by atoms with Crippen molar-refractivity contribution in [3.63, 3.8) is 0 Å². The van der Waals surface area contributed by atoms with Crippen molar-refractivity contribution in [1.82, 2.24) is 0 Å². The summed E-state index contributed by atoms with van der Waals surface area (Å²) < 4.78 is 0. The van der Waals surface area contributed by atoms with Crippen molar-refractivity contribution in [2.24, 2.45) is 11.0 Å². The molecule has 13 heavy (non-hydrogen) atoms. The molecule has 0 spiro atoms. The first-order chi connectivity index (χ1) is 6.27. The lowest BCUT2D eigenvalue weighted by Crippen LogP contribution is -2.13. The second-order valence-electron chi connectivity index (χ2n) is 3.19. The standard InChI is InChI=1S/C9H13N3O/c1-7-3-2-4-8(5-7)9(6-13)11-12-10/h2,4-5,7,9,13H,3,6H2,1H3. The van der Waals surface area contributed by atoms with Gasteiger partial charge in [-0.1, -0.05) is 30.3 Å². The molecule has 0 bridgehead atoms. The molecule has 2 atom stereocenters. The van der Waals surface area contributed by atoms with Crippen LogP contribution < -0.4 is 0 Å². The van der Waals surface area contributed by atoms with E-state index in [4.69, 9.17) is 10.6 Å². The predicted octanol–water partition coefficient (Wildman–Crippen LogP) is 2.18. The SMILES string of the molecule is CC1C=C(C(CO)N=[N+]=[N-])C=CC1. The van der Waals surface area contributed by atoms with Crippen LogP contribution in [0.4, 0.5) is 0 Å². The first kappa shape index (κ1) is 9.84. The van der Waals surface area contributed by atoms with E-state index in [-0.39, 0.29) is 6.61 Å². The molecule has 0 fully saturated rings. The third kappa shape index (κ3) is 2.61. The molecule has 0 aromatic carbocycles. The third-order valence-corrected chi connectivity index (χ3v) is 2.04. The quantitative estimate of drug-likeness (QED) is 0.402. The van der Waals surface area contributed by atoms with Crippen LogP contribution in [0.5, 0.6) is 0 Å². The Kier molecular flexibility index (Phi) is 3.55. The summed E-state index contributed by atoms with van der Waals surface area (Å²) in [5, 5.41) is 12.5. The Hall–Kier alpha value is -1.25. The third-order valence-electron chi connectivity index (χ3n) is 2.04. The Morgan fingerprint density at radius 2 is 2.62 bits per heavy atom. The summed E-state index contributed by atoms with van der Waals surface area (Å²) in [7, 11) is 0. The highest BCUT2D eigenvalue weighted by Crippen LogP contribution is 2.19. The second-order valence-corrected chi connectivity index (χ2v) is 3.19. The highest BCUT2D eigenvalue weighted by atomic mass is 16.3. The van der Waals surface area contributed by atoms with E-state index in [9.17, 15) is 0 Å². The number of nitrogens with zero attached hydrogens (tertiary/aromatic N) is 3. The molecule has 0 saturated heterocycles. The van der Waals surface area contributed by atoms with Crippen molar-refractivity contribution in [3.05, 3.63) is 34.2 Å². The molecular formula is C9H13N3O. The summed E-state index contributed by atoms with van der Waals surface area (Å²) >= 11 is 0. The Morgan fingerprint density at radius 1 is 1.85 bits per heavy atom. The number of azide groups is 1. The molecule has 4 nitrogen and oxygen atoms in total. The van der Waals surface area contributed by atoms with Gasteiger partial charge in [-0.15, -0.1) is 0 Å². The van der Waals surface area contributed by atoms with Gasteiger partial charge in [-0.3, -0.25) is 0 Å². The number of aliphatic hydroxyl groups is 1. The Balaban J connectivity index is 2.78. The van der Waals surface area contributed by atoms with E-state index < -0.39 is 6.04 Å². The molecule has 0 saturated carbocycles. The van der Waals surface area contributed by atoms with Crippen LogP contribution in [0.2, 0.25) is 0 Å². The van der Waals surface area contributed by atoms with Crippen LogP contribution >= 0.6 is 0 Å². The largest absolute Gasteiger partial charge is 0.396 e. The van der Waals surface area contributed by atoms with Crippen LogP contribution in [-0.4, -0.2) is 17.8 Å². The summed E-state index contributed by atoms with van der Waals surface area (Å²) in [6, 6.07) is -0.427. The molecule has 0 heterocycles. The first-order valence-corrected chi connectivity index (χ1v) is 4.31. The van der Waals surface area contributed by atoms with E-state index in [0.29, 0.717) is 5.92 Å². The Labute approximate surface area is 77.2 Å². The average molecular weight is 179 g/mol. The van der Waals surface area contributed by atoms with Crippen molar-refractivity contribution in [1.29, 1.82) is 0 Å². The fourth-order valence-corrected chi connectivity index (χ4v) is 1.36. The molecule has 4 heteroatoms. The molecular weight excluding hydrogens is 166 g/mol. The molecule has 0 aromatic rings. The van der Waals surface area contributed by atoms with Gasteiger partial charge in [0.2, 0.25) is 0 Å². The summed E-state index contributed by atoms with van der Waals surface area (Å²) in [4.78, 5) is 2.70. The summed E-state index contributed by atoms with van der Waals surface area (Å²) in [6.07, 6.45) is 7.00. The number of rotatable bonds is 3. The van der Waals surface area contributed by atoms with Gasteiger partial charge in [0.15, 0.2) is 0 Å². The molecule has 70 valence electrons. The van der Waals surface area contributed by atoms with Gasteiger partial charge in [0.05, 0.1) is 12.6 Å². The van der Waals surface area contributed by atoms with Crippen molar-refractivity contribution in [2.45, 2.75) is 19.4 Å². The van der Waals surface area contributed by atoms with Gasteiger partial charge in [0.25, 0.3) is 0 Å². The summed E-state index contributed by atoms with van der Waals surface area (Å²) in [5.41, 5.74) is 9.18. The van der Waals surface area contributed by atoms with Crippen LogP contribution in [0, 0.1) is 5.92 Å². The maximum Gasteiger partial charge on any atom is 0.0853 e. The number of hydrogen-bond donors (Lipinski definition) is 1. The molecule has 0 amide bonds. The van der Waals surface area contributed by atoms with Crippen molar-refractivity contribution >= 4 is 0 Å². The Bertz CT molecular complexity index is 277. The van der Waals surface area contributed by atoms with E-state index in [1.807, 2.05) is 18.2 Å². The maximum atomic E-state index is 8.96. The highest BCUT2D eigenvalue weighted by Gasteiger charge is 2.12. The second kappa shape index (κ2) is 4.70. The fourth-order valence-electron chi connectivity index (χ4n) is 1.36. The number of aliphatic hydroxyl groups excluding tert-OH is 1. The monoisotopic (exact) mass is 179 g/mol. The molecule has 1 aliphatic carbocycles. The van der Waals surface area contributed by atoms with Crippen LogP contribution in [0.25, 0.3) is 10.4 Å². The normalized spacial score (nSPS) is 23.2. The minimum atomic E-state index is -0.427. The zero-order valence-corrected chi connectivity index (χ0v) is 7.59. The zero-order valence-electron chi connectivity index (χ0n) is 7.59. The lowest BCUT2D eigenvalue weighted by atomic mass is 9.94. The molecule has 0 aromatic heterocycles. The van der Waals surface area contributed by atoms with Crippen molar-refractivity contribution < 1.29 is 5.11 Å². The van der Waals surface area contributed by atoms with Crippen molar-refractivity contribution in [3.8, 4) is 0 Å². The molecule has 1 N–H and O–H groups in total. The zero-order chi connectivity index (χ0) is 9.68. The maximum absolute atomic E-state index is 8.96. The van der Waals surface area contributed by atoms with Crippen LogP contribution in [0.15, 0.2) is 28.9 Å². The number of hydrogen-bond acceptors (Lipinski definition) is 2. The van der Waals surface area contributed by atoms with Crippen molar-refractivity contribution in [2.75, 3.05) is 6.61 Å². The minimum absolute atomic E-state index is 0.132. The predicted molar refractivity (Wildman–Crippen MR) is 51.0 cm³/mol. The van der Waals surface area contributed by atoms with E-state index in [1.54, 1.807) is 0 Å². The van der Waals surface area contributed by atoms with Gasteiger partial charge in [-0.25, -0.2) is 0 Å². The highest BCUT2D eigenvalue weighted by molar-refractivity contribution is 5.28. The molecule has 1 rings (SSSR count). The topological polar surface area (TPSA) is 69.0 Å². The molecule has 2 unspecified atom stereocenters. The van der Waals surface area contributed by atoms with Crippen LogP contribution in [-0.2, 0) is 0 Å². The fraction of sp³-hybridized carbons (Fsp3) is 0.556. The molecule has 0 radical (unpaired) electrons. The summed E-state index contributed by atoms with van der Waals surface area (Å²) in [6.45, 7) is 1.96. The summed E-state index contributed by atoms with van der Waals surface area (Å²) in [5.74, 6) is 0.461.